The van der Waals surface area contributed by atoms with Crippen molar-refractivity contribution >= 4 is 10.8 Å². The van der Waals surface area contributed by atoms with E-state index >= 15 is 0 Å². The molecule has 1 unspecified atom stereocenters. The van der Waals surface area contributed by atoms with Crippen LogP contribution in [0.25, 0.3) is 10.8 Å². The molecule has 0 heterocycles. The van der Waals surface area contributed by atoms with Crippen LogP contribution in [0.15, 0.2) is 42.5 Å². The topological polar surface area (TPSA) is 52.5 Å². The average molecular weight is 257 g/mol. The van der Waals surface area contributed by atoms with E-state index in [1.165, 1.54) is 5.39 Å². The number of hydrogen-bond acceptors (Lipinski definition) is 3. The zero-order chi connectivity index (χ0) is 13.2. The van der Waals surface area contributed by atoms with Crippen LogP contribution in [0.3, 0.4) is 0 Å². The molecule has 0 aromatic heterocycles. The molecule has 3 heteroatoms. The highest BCUT2D eigenvalue weighted by Crippen LogP contribution is 2.22. The normalized spacial score (nSPS) is 24.1. The Kier molecular flexibility index (Phi) is 3.51. The van der Waals surface area contributed by atoms with Crippen molar-refractivity contribution in [2.75, 3.05) is 6.54 Å². The smallest absolute Gasteiger partial charge is 0.0914 e. The summed E-state index contributed by atoms with van der Waals surface area (Å²) in [6.07, 6.45) is 0.937. The molecular formula is C16H19NO2. The van der Waals surface area contributed by atoms with Gasteiger partial charge < -0.3 is 15.5 Å². The second-order valence-corrected chi connectivity index (χ2v) is 5.35. The predicted octanol–water partition coefficient (Wildman–Crippen LogP) is 1.99. The Morgan fingerprint density at radius 3 is 2.58 bits per heavy atom. The first-order chi connectivity index (χ1) is 9.22. The molecule has 0 radical (unpaired) electrons. The monoisotopic (exact) mass is 257 g/mol. The first kappa shape index (κ1) is 12.6. The third-order valence-electron chi connectivity index (χ3n) is 3.87. The van der Waals surface area contributed by atoms with Crippen molar-refractivity contribution in [2.24, 2.45) is 0 Å². The van der Waals surface area contributed by atoms with Crippen LogP contribution < -0.4 is 5.32 Å². The Labute approximate surface area is 112 Å². The molecule has 1 saturated carbocycles. The van der Waals surface area contributed by atoms with Crippen molar-refractivity contribution in [1.82, 2.24) is 5.32 Å². The average Bonchev–Trinajstić information content (AvgIpc) is 2.41. The summed E-state index contributed by atoms with van der Waals surface area (Å²) in [5.41, 5.74) is 0.936. The Morgan fingerprint density at radius 1 is 1.11 bits per heavy atom. The molecule has 1 aliphatic rings. The fraction of sp³-hybridized carbons (Fsp3) is 0.375. The molecule has 1 fully saturated rings. The van der Waals surface area contributed by atoms with Crippen molar-refractivity contribution in [3.8, 4) is 0 Å². The van der Waals surface area contributed by atoms with E-state index in [-0.39, 0.29) is 6.10 Å². The molecule has 3 N–H and O–H groups in total. The number of rotatable bonds is 4. The molecule has 0 bridgehead atoms. The second kappa shape index (κ2) is 5.29. The van der Waals surface area contributed by atoms with E-state index in [1.807, 2.05) is 30.3 Å². The van der Waals surface area contributed by atoms with Gasteiger partial charge in [0.2, 0.25) is 0 Å². The molecule has 0 spiro atoms. The maximum atomic E-state index is 10.2. The SMILES string of the molecule is OC1CC(NCC(O)c2ccc3ccccc3c2)C1. The predicted molar refractivity (Wildman–Crippen MR) is 75.9 cm³/mol. The summed E-state index contributed by atoms with van der Waals surface area (Å²) >= 11 is 0. The first-order valence-corrected chi connectivity index (χ1v) is 6.80. The lowest BCUT2D eigenvalue weighted by Gasteiger charge is -2.32. The summed E-state index contributed by atoms with van der Waals surface area (Å²) in [5, 5.41) is 25.0. The molecule has 100 valence electrons. The molecule has 1 atom stereocenters. The molecule has 1 aliphatic carbocycles. The van der Waals surface area contributed by atoms with E-state index < -0.39 is 6.10 Å². The van der Waals surface area contributed by atoms with Crippen LogP contribution in [0.4, 0.5) is 0 Å². The van der Waals surface area contributed by atoms with E-state index in [1.54, 1.807) is 0 Å². The van der Waals surface area contributed by atoms with Crippen molar-refractivity contribution in [2.45, 2.75) is 31.1 Å². The molecule has 0 saturated heterocycles. The summed E-state index contributed by atoms with van der Waals surface area (Å²) in [5.74, 6) is 0. The van der Waals surface area contributed by atoms with E-state index in [4.69, 9.17) is 0 Å². The minimum Gasteiger partial charge on any atom is -0.393 e. The molecule has 2 aromatic carbocycles. The van der Waals surface area contributed by atoms with Gasteiger partial charge in [0.25, 0.3) is 0 Å². The Bertz CT molecular complexity index is 563. The van der Waals surface area contributed by atoms with Gasteiger partial charge in [-0.2, -0.15) is 0 Å². The Hall–Kier alpha value is -1.42. The molecule has 19 heavy (non-hydrogen) atoms. The highest BCUT2D eigenvalue weighted by atomic mass is 16.3. The highest BCUT2D eigenvalue weighted by Gasteiger charge is 2.27. The van der Waals surface area contributed by atoms with Gasteiger partial charge >= 0.3 is 0 Å². The van der Waals surface area contributed by atoms with Gasteiger partial charge in [-0.05, 0) is 35.2 Å². The fourth-order valence-electron chi connectivity index (χ4n) is 2.57. The lowest BCUT2D eigenvalue weighted by atomic mass is 9.89. The molecular weight excluding hydrogens is 238 g/mol. The van der Waals surface area contributed by atoms with Crippen molar-refractivity contribution in [1.29, 1.82) is 0 Å². The minimum absolute atomic E-state index is 0.157. The van der Waals surface area contributed by atoms with Gasteiger partial charge in [-0.3, -0.25) is 0 Å². The largest absolute Gasteiger partial charge is 0.393 e. The van der Waals surface area contributed by atoms with Crippen molar-refractivity contribution < 1.29 is 10.2 Å². The third kappa shape index (κ3) is 2.78. The molecule has 0 amide bonds. The van der Waals surface area contributed by atoms with Crippen LogP contribution >= 0.6 is 0 Å². The van der Waals surface area contributed by atoms with Gasteiger partial charge in [0.05, 0.1) is 12.2 Å². The number of aliphatic hydroxyl groups excluding tert-OH is 2. The molecule has 2 aromatic rings. The number of fused-ring (bicyclic) bond motifs is 1. The number of nitrogens with one attached hydrogen (secondary N) is 1. The van der Waals surface area contributed by atoms with Crippen LogP contribution in [0.2, 0.25) is 0 Å². The lowest BCUT2D eigenvalue weighted by Crippen LogP contribution is -2.45. The van der Waals surface area contributed by atoms with Gasteiger partial charge in [-0.1, -0.05) is 36.4 Å². The number of benzene rings is 2. The van der Waals surface area contributed by atoms with E-state index in [0.29, 0.717) is 12.6 Å². The number of hydrogen-bond donors (Lipinski definition) is 3. The zero-order valence-corrected chi connectivity index (χ0v) is 10.8. The summed E-state index contributed by atoms with van der Waals surface area (Å²) in [7, 11) is 0. The van der Waals surface area contributed by atoms with Crippen molar-refractivity contribution in [3.63, 3.8) is 0 Å². The first-order valence-electron chi connectivity index (χ1n) is 6.80. The van der Waals surface area contributed by atoms with Crippen LogP contribution in [-0.2, 0) is 0 Å². The maximum Gasteiger partial charge on any atom is 0.0914 e. The standard InChI is InChI=1S/C16H19NO2/c18-15-8-14(9-15)17-10-16(19)13-6-5-11-3-1-2-4-12(11)7-13/h1-7,14-19H,8-10H2. The van der Waals surface area contributed by atoms with Gasteiger partial charge in [0, 0.05) is 12.6 Å². The second-order valence-electron chi connectivity index (χ2n) is 5.35. The van der Waals surface area contributed by atoms with Gasteiger partial charge in [0.15, 0.2) is 0 Å². The number of aliphatic hydroxyl groups is 2. The summed E-state index contributed by atoms with van der Waals surface area (Å²) in [6.45, 7) is 0.537. The maximum absolute atomic E-state index is 10.2. The summed E-state index contributed by atoms with van der Waals surface area (Å²) in [6, 6.07) is 14.6. The van der Waals surface area contributed by atoms with Crippen LogP contribution in [0.1, 0.15) is 24.5 Å². The molecule has 0 aliphatic heterocycles. The van der Waals surface area contributed by atoms with E-state index in [9.17, 15) is 10.2 Å². The lowest BCUT2D eigenvalue weighted by molar-refractivity contribution is 0.0551. The summed E-state index contributed by atoms with van der Waals surface area (Å²) in [4.78, 5) is 0. The van der Waals surface area contributed by atoms with Crippen LogP contribution in [-0.4, -0.2) is 28.9 Å². The summed E-state index contributed by atoms with van der Waals surface area (Å²) < 4.78 is 0. The van der Waals surface area contributed by atoms with Gasteiger partial charge in [-0.25, -0.2) is 0 Å². The quantitative estimate of drug-likeness (QED) is 0.785. The van der Waals surface area contributed by atoms with E-state index in [2.05, 4.69) is 17.4 Å². The Balaban J connectivity index is 1.65. The minimum atomic E-state index is -0.498. The fourth-order valence-corrected chi connectivity index (χ4v) is 2.57. The van der Waals surface area contributed by atoms with Crippen LogP contribution in [0.5, 0.6) is 0 Å². The van der Waals surface area contributed by atoms with E-state index in [0.717, 1.165) is 23.8 Å². The van der Waals surface area contributed by atoms with Gasteiger partial charge in [-0.15, -0.1) is 0 Å². The Morgan fingerprint density at radius 2 is 1.84 bits per heavy atom. The third-order valence-corrected chi connectivity index (χ3v) is 3.87. The van der Waals surface area contributed by atoms with Crippen molar-refractivity contribution in [3.05, 3.63) is 48.0 Å². The highest BCUT2D eigenvalue weighted by molar-refractivity contribution is 5.83. The zero-order valence-electron chi connectivity index (χ0n) is 10.8. The van der Waals surface area contributed by atoms with Crippen LogP contribution in [0, 0.1) is 0 Å². The molecule has 3 rings (SSSR count). The molecule has 3 nitrogen and oxygen atoms in total. The van der Waals surface area contributed by atoms with Gasteiger partial charge in [0.1, 0.15) is 0 Å².